The molecule has 4 rings (SSSR count). The molecule has 2 aromatic carbocycles. The lowest BCUT2D eigenvalue weighted by atomic mass is 9.99. The van der Waals surface area contributed by atoms with Gasteiger partial charge in [0.1, 0.15) is 5.75 Å². The van der Waals surface area contributed by atoms with Gasteiger partial charge in [-0.25, -0.2) is 0 Å². The molecule has 0 aromatic heterocycles. The van der Waals surface area contributed by atoms with Gasteiger partial charge in [0.15, 0.2) is 0 Å². The van der Waals surface area contributed by atoms with Gasteiger partial charge in [0.05, 0.1) is 19.2 Å². The van der Waals surface area contributed by atoms with Crippen LogP contribution in [0.25, 0.3) is 0 Å². The lowest BCUT2D eigenvalue weighted by Gasteiger charge is -2.39. The summed E-state index contributed by atoms with van der Waals surface area (Å²) in [4.78, 5) is 17.1. The predicted molar refractivity (Wildman–Crippen MR) is 114 cm³/mol. The van der Waals surface area contributed by atoms with Crippen molar-refractivity contribution in [2.24, 2.45) is 0 Å². The van der Waals surface area contributed by atoms with Crippen LogP contribution in [-0.4, -0.2) is 37.0 Å². The van der Waals surface area contributed by atoms with Gasteiger partial charge in [-0.2, -0.15) is 0 Å². The molecule has 0 spiro atoms. The molecule has 1 fully saturated rings. The summed E-state index contributed by atoms with van der Waals surface area (Å²) in [6, 6.07) is 12.4. The molecular weight excluding hydrogens is 395 g/mol. The fourth-order valence-electron chi connectivity index (χ4n) is 4.38. The third-order valence-corrected chi connectivity index (χ3v) is 6.56. The number of carbonyl (C=O) groups is 1. The minimum atomic E-state index is 0.126. The standard InChI is InChI=1S/C22H24Cl2N2O2/c1-14(15-3-5-18(28-2)6-4-15)25-9-7-17(8-10-25)26-21-12-16(23)11-20(24)19(21)13-22(26)27/h3-6,11-12,14,17H,7-10,13H2,1-2H3. The van der Waals surface area contributed by atoms with E-state index in [2.05, 4.69) is 24.0 Å². The lowest BCUT2D eigenvalue weighted by Crippen LogP contribution is -2.46. The van der Waals surface area contributed by atoms with Gasteiger partial charge in [0.25, 0.3) is 0 Å². The van der Waals surface area contributed by atoms with E-state index in [4.69, 9.17) is 27.9 Å². The number of nitrogens with zero attached hydrogens (tertiary/aromatic N) is 2. The summed E-state index contributed by atoms with van der Waals surface area (Å²) < 4.78 is 5.25. The number of likely N-dealkylation sites (tertiary alicyclic amines) is 1. The fourth-order valence-corrected chi connectivity index (χ4v) is 4.92. The van der Waals surface area contributed by atoms with Crippen LogP contribution in [0.15, 0.2) is 36.4 Å². The highest BCUT2D eigenvalue weighted by Gasteiger charge is 2.36. The lowest BCUT2D eigenvalue weighted by molar-refractivity contribution is -0.118. The Morgan fingerprint density at radius 3 is 2.43 bits per heavy atom. The van der Waals surface area contributed by atoms with Gasteiger partial charge in [-0.15, -0.1) is 0 Å². The minimum Gasteiger partial charge on any atom is -0.497 e. The average Bonchev–Trinajstić information content (AvgIpc) is 3.04. The van der Waals surface area contributed by atoms with Gasteiger partial charge in [0, 0.05) is 40.8 Å². The van der Waals surface area contributed by atoms with Gasteiger partial charge in [-0.1, -0.05) is 35.3 Å². The van der Waals surface area contributed by atoms with E-state index < -0.39 is 0 Å². The number of methoxy groups -OCH3 is 1. The molecule has 2 aliphatic heterocycles. The predicted octanol–water partition coefficient (Wildman–Crippen LogP) is 5.12. The largest absolute Gasteiger partial charge is 0.497 e. The third-order valence-electron chi connectivity index (χ3n) is 6.00. The second-order valence-electron chi connectivity index (χ2n) is 7.54. The molecule has 6 heteroatoms. The van der Waals surface area contributed by atoms with Gasteiger partial charge in [-0.05, 0) is 49.6 Å². The summed E-state index contributed by atoms with van der Waals surface area (Å²) in [5, 5.41) is 1.16. The molecule has 0 radical (unpaired) electrons. The Kier molecular flexibility index (Phi) is 5.55. The second kappa shape index (κ2) is 7.94. The molecule has 0 bridgehead atoms. The van der Waals surface area contributed by atoms with Crippen molar-refractivity contribution in [2.45, 2.75) is 38.3 Å². The monoisotopic (exact) mass is 418 g/mol. The summed E-state index contributed by atoms with van der Waals surface area (Å²) in [6.45, 7) is 4.13. The smallest absolute Gasteiger partial charge is 0.231 e. The molecular formula is C22H24Cl2N2O2. The molecule has 2 heterocycles. The quantitative estimate of drug-likeness (QED) is 0.690. The van der Waals surface area contributed by atoms with E-state index in [0.717, 1.165) is 42.9 Å². The van der Waals surface area contributed by atoms with Crippen molar-refractivity contribution in [3.63, 3.8) is 0 Å². The van der Waals surface area contributed by atoms with Crippen LogP contribution < -0.4 is 9.64 Å². The van der Waals surface area contributed by atoms with Crippen molar-refractivity contribution in [1.82, 2.24) is 4.90 Å². The van der Waals surface area contributed by atoms with Crippen molar-refractivity contribution in [1.29, 1.82) is 0 Å². The van der Waals surface area contributed by atoms with Crippen molar-refractivity contribution in [3.8, 4) is 5.75 Å². The van der Waals surface area contributed by atoms with Gasteiger partial charge in [0.2, 0.25) is 5.91 Å². The van der Waals surface area contributed by atoms with Gasteiger partial charge >= 0.3 is 0 Å². The summed E-state index contributed by atoms with van der Waals surface area (Å²) in [6.07, 6.45) is 2.25. The maximum Gasteiger partial charge on any atom is 0.231 e. The topological polar surface area (TPSA) is 32.8 Å². The van der Waals surface area contributed by atoms with E-state index in [1.165, 1.54) is 5.56 Å². The van der Waals surface area contributed by atoms with Gasteiger partial charge in [-0.3, -0.25) is 9.69 Å². The number of rotatable bonds is 4. The van der Waals surface area contributed by atoms with Crippen LogP contribution in [0.1, 0.15) is 36.9 Å². The minimum absolute atomic E-state index is 0.126. The molecule has 148 valence electrons. The number of amides is 1. The summed E-state index contributed by atoms with van der Waals surface area (Å²) in [5.74, 6) is 0.999. The number of fused-ring (bicyclic) bond motifs is 1. The Hall–Kier alpha value is -1.75. The van der Waals surface area contributed by atoms with Crippen LogP contribution in [0.2, 0.25) is 10.0 Å². The Morgan fingerprint density at radius 2 is 1.79 bits per heavy atom. The summed E-state index contributed by atoms with van der Waals surface area (Å²) >= 11 is 12.5. The third kappa shape index (κ3) is 3.61. The van der Waals surface area contributed by atoms with E-state index in [1.807, 2.05) is 23.1 Å². The highest BCUT2D eigenvalue weighted by Crippen LogP contribution is 2.40. The second-order valence-corrected chi connectivity index (χ2v) is 8.39. The molecule has 28 heavy (non-hydrogen) atoms. The first-order valence-corrected chi connectivity index (χ1v) is 10.4. The Bertz CT molecular complexity index is 877. The number of benzene rings is 2. The van der Waals surface area contributed by atoms with E-state index in [0.29, 0.717) is 22.5 Å². The van der Waals surface area contributed by atoms with E-state index in [9.17, 15) is 4.79 Å². The number of halogens is 2. The van der Waals surface area contributed by atoms with Crippen molar-refractivity contribution >= 4 is 34.8 Å². The molecule has 1 amide bonds. The zero-order chi connectivity index (χ0) is 19.8. The first kappa shape index (κ1) is 19.6. The van der Waals surface area contributed by atoms with E-state index in [-0.39, 0.29) is 11.9 Å². The van der Waals surface area contributed by atoms with Crippen LogP contribution in [0.4, 0.5) is 5.69 Å². The maximum absolute atomic E-state index is 12.7. The average molecular weight is 419 g/mol. The Labute approximate surface area is 176 Å². The molecule has 4 nitrogen and oxygen atoms in total. The molecule has 1 unspecified atom stereocenters. The molecule has 0 saturated carbocycles. The molecule has 1 saturated heterocycles. The zero-order valence-electron chi connectivity index (χ0n) is 16.1. The van der Waals surface area contributed by atoms with E-state index in [1.54, 1.807) is 13.2 Å². The van der Waals surface area contributed by atoms with Crippen LogP contribution in [0.5, 0.6) is 5.75 Å². The number of carbonyl (C=O) groups excluding carboxylic acids is 1. The number of anilines is 1. The van der Waals surface area contributed by atoms with Crippen LogP contribution in [-0.2, 0) is 11.2 Å². The number of piperidine rings is 1. The van der Waals surface area contributed by atoms with Crippen LogP contribution in [0, 0.1) is 0 Å². The molecule has 2 aliphatic rings. The Balaban J connectivity index is 1.45. The highest BCUT2D eigenvalue weighted by molar-refractivity contribution is 6.36. The van der Waals surface area contributed by atoms with E-state index >= 15 is 0 Å². The van der Waals surface area contributed by atoms with Crippen LogP contribution in [0.3, 0.4) is 0 Å². The number of hydrogen-bond acceptors (Lipinski definition) is 3. The number of hydrogen-bond donors (Lipinski definition) is 0. The summed E-state index contributed by atoms with van der Waals surface area (Å²) in [7, 11) is 1.68. The zero-order valence-corrected chi connectivity index (χ0v) is 17.6. The normalized spacial score (nSPS) is 19.0. The van der Waals surface area contributed by atoms with Crippen LogP contribution >= 0.6 is 23.2 Å². The van der Waals surface area contributed by atoms with Gasteiger partial charge < -0.3 is 9.64 Å². The molecule has 1 atom stereocenters. The first-order valence-electron chi connectivity index (χ1n) is 9.66. The number of ether oxygens (including phenoxy) is 1. The summed E-state index contributed by atoms with van der Waals surface area (Å²) in [5.41, 5.74) is 3.08. The molecule has 0 aliphatic carbocycles. The van der Waals surface area contributed by atoms with Crippen molar-refractivity contribution in [3.05, 3.63) is 57.6 Å². The first-order chi connectivity index (χ1) is 13.5. The molecule has 2 aromatic rings. The molecule has 0 N–H and O–H groups in total. The Morgan fingerprint density at radius 1 is 1.11 bits per heavy atom. The highest BCUT2D eigenvalue weighted by atomic mass is 35.5. The maximum atomic E-state index is 12.7. The fraction of sp³-hybridized carbons (Fsp3) is 0.409. The van der Waals surface area contributed by atoms with Crippen molar-refractivity contribution in [2.75, 3.05) is 25.1 Å². The van der Waals surface area contributed by atoms with Crippen molar-refractivity contribution < 1.29 is 9.53 Å². The SMILES string of the molecule is COc1ccc(C(C)N2CCC(N3C(=O)Cc4c(Cl)cc(Cl)cc43)CC2)cc1.